The molecule has 3 heteroatoms. The Morgan fingerprint density at radius 1 is 1.67 bits per heavy atom. The molecule has 0 aliphatic carbocycles. The molecule has 2 rings (SSSR count). The Morgan fingerprint density at radius 3 is 3.33 bits per heavy atom. The van der Waals surface area contributed by atoms with Crippen LogP contribution in [0.5, 0.6) is 0 Å². The minimum atomic E-state index is 0.829. The second-order valence-electron chi connectivity index (χ2n) is 1.98. The van der Waals surface area contributed by atoms with E-state index in [1.54, 1.807) is 23.2 Å². The molecule has 9 heavy (non-hydrogen) atoms. The molecule has 0 aromatic carbocycles. The molecule has 0 saturated carbocycles. The van der Waals surface area contributed by atoms with Gasteiger partial charge in [-0.2, -0.15) is 5.10 Å². The van der Waals surface area contributed by atoms with Crippen molar-refractivity contribution in [3.8, 4) is 0 Å². The van der Waals surface area contributed by atoms with Crippen LogP contribution in [0, 0.1) is 6.92 Å². The van der Waals surface area contributed by atoms with Crippen molar-refractivity contribution in [3.05, 3.63) is 24.2 Å². The summed E-state index contributed by atoms with van der Waals surface area (Å²) >= 11 is 0. The zero-order chi connectivity index (χ0) is 6.27. The predicted octanol–water partition coefficient (Wildman–Crippen LogP) is 1.24. The van der Waals surface area contributed by atoms with Gasteiger partial charge in [-0.25, -0.2) is 4.52 Å². The Morgan fingerprint density at radius 2 is 2.56 bits per heavy atom. The Bertz CT molecular complexity index is 320. The molecular weight excluding hydrogens is 116 g/mol. The van der Waals surface area contributed by atoms with Gasteiger partial charge in [0.25, 0.3) is 0 Å². The molecule has 3 nitrogen and oxygen atoms in total. The Hall–Kier alpha value is -1.25. The standard InChI is InChI=1S/C6H6N2O/c1-5-4-7-8-2-3-9-6(5)8/h2-4H,1H3. The van der Waals surface area contributed by atoms with Crippen molar-refractivity contribution < 1.29 is 4.42 Å². The van der Waals surface area contributed by atoms with Crippen molar-refractivity contribution in [1.82, 2.24) is 9.61 Å². The quantitative estimate of drug-likeness (QED) is 0.526. The van der Waals surface area contributed by atoms with Gasteiger partial charge < -0.3 is 4.42 Å². The lowest BCUT2D eigenvalue weighted by Gasteiger charge is -1.76. The molecule has 0 saturated heterocycles. The molecule has 0 fully saturated rings. The second kappa shape index (κ2) is 1.37. The Balaban J connectivity index is 2.99. The van der Waals surface area contributed by atoms with E-state index in [2.05, 4.69) is 5.10 Å². The lowest BCUT2D eigenvalue weighted by molar-refractivity contribution is 0.604. The maximum absolute atomic E-state index is 5.09. The van der Waals surface area contributed by atoms with Gasteiger partial charge in [-0.1, -0.05) is 0 Å². The van der Waals surface area contributed by atoms with Crippen molar-refractivity contribution in [2.24, 2.45) is 0 Å². The highest BCUT2D eigenvalue weighted by Gasteiger charge is 1.98. The van der Waals surface area contributed by atoms with E-state index in [0.29, 0.717) is 0 Å². The first-order valence-electron chi connectivity index (χ1n) is 2.75. The lowest BCUT2D eigenvalue weighted by Crippen LogP contribution is -1.74. The first kappa shape index (κ1) is 4.61. The van der Waals surface area contributed by atoms with Gasteiger partial charge in [-0.15, -0.1) is 0 Å². The SMILES string of the molecule is Cc1cnn2ccoc12. The molecule has 0 spiro atoms. The van der Waals surface area contributed by atoms with Crippen LogP contribution in [0.25, 0.3) is 5.71 Å². The van der Waals surface area contributed by atoms with Gasteiger partial charge in [0.05, 0.1) is 12.4 Å². The van der Waals surface area contributed by atoms with Crippen LogP contribution >= 0.6 is 0 Å². The summed E-state index contributed by atoms with van der Waals surface area (Å²) < 4.78 is 6.79. The number of nitrogens with zero attached hydrogens (tertiary/aromatic N) is 2. The smallest absolute Gasteiger partial charge is 0.224 e. The fourth-order valence-corrected chi connectivity index (χ4v) is 0.843. The van der Waals surface area contributed by atoms with E-state index in [1.807, 2.05) is 6.92 Å². The molecule has 0 unspecified atom stereocenters. The summed E-state index contributed by atoms with van der Waals surface area (Å²) in [5.41, 5.74) is 1.90. The largest absolute Gasteiger partial charge is 0.445 e. The third-order valence-corrected chi connectivity index (χ3v) is 1.30. The maximum atomic E-state index is 5.09. The monoisotopic (exact) mass is 122 g/mol. The van der Waals surface area contributed by atoms with Gasteiger partial charge in [-0.05, 0) is 6.92 Å². The van der Waals surface area contributed by atoms with Gasteiger partial charge in [0.1, 0.15) is 6.26 Å². The normalized spacial score (nSPS) is 10.8. The molecule has 0 radical (unpaired) electrons. The molecule has 2 aromatic heterocycles. The molecule has 0 bridgehead atoms. The van der Waals surface area contributed by atoms with Crippen LogP contribution in [-0.4, -0.2) is 9.61 Å². The summed E-state index contributed by atoms with van der Waals surface area (Å²) in [7, 11) is 0. The zero-order valence-corrected chi connectivity index (χ0v) is 5.03. The van der Waals surface area contributed by atoms with E-state index >= 15 is 0 Å². The summed E-state index contributed by atoms with van der Waals surface area (Å²) in [6.45, 7) is 1.96. The Labute approximate surface area is 51.9 Å². The van der Waals surface area contributed by atoms with Gasteiger partial charge in [0, 0.05) is 5.56 Å². The summed E-state index contributed by atoms with van der Waals surface area (Å²) in [5.74, 6) is 0. The zero-order valence-electron chi connectivity index (χ0n) is 5.03. The maximum Gasteiger partial charge on any atom is 0.224 e. The van der Waals surface area contributed by atoms with Crippen molar-refractivity contribution in [1.29, 1.82) is 0 Å². The van der Waals surface area contributed by atoms with Gasteiger partial charge in [0.15, 0.2) is 0 Å². The van der Waals surface area contributed by atoms with Crippen LogP contribution in [-0.2, 0) is 0 Å². The fraction of sp³-hybridized carbons (Fsp3) is 0.167. The molecule has 0 aliphatic heterocycles. The number of aryl methyl sites for hydroxylation is 1. The van der Waals surface area contributed by atoms with Crippen LogP contribution < -0.4 is 0 Å². The van der Waals surface area contributed by atoms with Crippen LogP contribution in [0.4, 0.5) is 0 Å². The van der Waals surface area contributed by atoms with Crippen LogP contribution in [0.15, 0.2) is 23.1 Å². The highest BCUT2D eigenvalue weighted by atomic mass is 16.3. The molecule has 0 N–H and O–H groups in total. The molecule has 46 valence electrons. The van der Waals surface area contributed by atoms with Crippen molar-refractivity contribution >= 4 is 5.71 Å². The van der Waals surface area contributed by atoms with Crippen LogP contribution in [0.3, 0.4) is 0 Å². The van der Waals surface area contributed by atoms with Crippen LogP contribution in [0.1, 0.15) is 5.56 Å². The molecule has 0 aliphatic rings. The molecular formula is C6H6N2O. The van der Waals surface area contributed by atoms with E-state index in [4.69, 9.17) is 4.42 Å². The molecule has 2 heterocycles. The Kier molecular flexibility index (Phi) is 0.704. The van der Waals surface area contributed by atoms with Crippen molar-refractivity contribution in [2.75, 3.05) is 0 Å². The van der Waals surface area contributed by atoms with E-state index in [-0.39, 0.29) is 0 Å². The average molecular weight is 122 g/mol. The molecule has 0 atom stereocenters. The van der Waals surface area contributed by atoms with Crippen molar-refractivity contribution in [3.63, 3.8) is 0 Å². The highest BCUT2D eigenvalue weighted by Crippen LogP contribution is 2.07. The fourth-order valence-electron chi connectivity index (χ4n) is 0.843. The third-order valence-electron chi connectivity index (χ3n) is 1.30. The third kappa shape index (κ3) is 0.483. The van der Waals surface area contributed by atoms with E-state index in [1.165, 1.54) is 0 Å². The first-order chi connectivity index (χ1) is 4.38. The summed E-state index contributed by atoms with van der Waals surface area (Å²) in [5, 5.41) is 4.00. The number of hydrogen-bond acceptors (Lipinski definition) is 2. The highest BCUT2D eigenvalue weighted by molar-refractivity contribution is 5.40. The van der Waals surface area contributed by atoms with Crippen molar-refractivity contribution in [2.45, 2.75) is 6.92 Å². The first-order valence-corrected chi connectivity index (χ1v) is 2.75. The predicted molar refractivity (Wildman–Crippen MR) is 32.2 cm³/mol. The van der Waals surface area contributed by atoms with E-state index in [9.17, 15) is 0 Å². The van der Waals surface area contributed by atoms with E-state index < -0.39 is 0 Å². The summed E-state index contributed by atoms with van der Waals surface area (Å²) in [6, 6.07) is 0. The molecule has 2 aromatic rings. The number of oxazole rings is 1. The average Bonchev–Trinajstić information content (AvgIpc) is 2.35. The molecule has 0 amide bonds. The lowest BCUT2D eigenvalue weighted by atomic mass is 10.4. The number of fused-ring (bicyclic) bond motifs is 1. The minimum absolute atomic E-state index is 0.829. The van der Waals surface area contributed by atoms with Gasteiger partial charge >= 0.3 is 0 Å². The van der Waals surface area contributed by atoms with Gasteiger partial charge in [0.2, 0.25) is 5.71 Å². The number of hydrogen-bond donors (Lipinski definition) is 0. The second-order valence-corrected chi connectivity index (χ2v) is 1.98. The summed E-state index contributed by atoms with van der Waals surface area (Å²) in [6.07, 6.45) is 5.18. The summed E-state index contributed by atoms with van der Waals surface area (Å²) in [4.78, 5) is 0. The van der Waals surface area contributed by atoms with Gasteiger partial charge in [-0.3, -0.25) is 0 Å². The topological polar surface area (TPSA) is 30.4 Å². The number of aromatic nitrogens is 2. The van der Waals surface area contributed by atoms with E-state index in [0.717, 1.165) is 11.3 Å². The van der Waals surface area contributed by atoms with Crippen LogP contribution in [0.2, 0.25) is 0 Å². The minimum Gasteiger partial charge on any atom is -0.445 e. The number of rotatable bonds is 0.